The number of amides is 1. The van der Waals surface area contributed by atoms with E-state index in [4.69, 9.17) is 9.84 Å². The molecule has 18 heavy (non-hydrogen) atoms. The standard InChI is InChI=1S/C11H15N3O4/c15-10(12-8-2-5-18-6-3-8)7-14-4-1-9(13-14)11(16)17/h1,4,8H,2-3,5-7H2,(H,12,15)(H,16,17). The van der Waals surface area contributed by atoms with E-state index in [0.717, 1.165) is 12.8 Å². The van der Waals surface area contributed by atoms with Gasteiger partial charge >= 0.3 is 5.97 Å². The first-order valence-electron chi connectivity index (χ1n) is 5.79. The zero-order chi connectivity index (χ0) is 13.0. The van der Waals surface area contributed by atoms with Crippen molar-refractivity contribution in [3.63, 3.8) is 0 Å². The van der Waals surface area contributed by atoms with Crippen molar-refractivity contribution in [2.75, 3.05) is 13.2 Å². The van der Waals surface area contributed by atoms with Crippen molar-refractivity contribution in [3.8, 4) is 0 Å². The highest BCUT2D eigenvalue weighted by molar-refractivity contribution is 5.85. The number of carbonyl (C=O) groups excluding carboxylic acids is 1. The van der Waals surface area contributed by atoms with Crippen LogP contribution in [0.1, 0.15) is 23.3 Å². The summed E-state index contributed by atoms with van der Waals surface area (Å²) in [7, 11) is 0. The molecular formula is C11H15N3O4. The zero-order valence-corrected chi connectivity index (χ0v) is 9.83. The largest absolute Gasteiger partial charge is 0.476 e. The van der Waals surface area contributed by atoms with Gasteiger partial charge in [0.1, 0.15) is 6.54 Å². The number of hydrogen-bond acceptors (Lipinski definition) is 4. The molecule has 0 unspecified atom stereocenters. The second-order valence-electron chi connectivity index (χ2n) is 4.16. The third-order valence-electron chi connectivity index (χ3n) is 2.75. The lowest BCUT2D eigenvalue weighted by Gasteiger charge is -2.23. The first-order chi connectivity index (χ1) is 8.65. The number of hydrogen-bond donors (Lipinski definition) is 2. The van der Waals surface area contributed by atoms with Crippen LogP contribution in [0.2, 0.25) is 0 Å². The summed E-state index contributed by atoms with van der Waals surface area (Å²) >= 11 is 0. The van der Waals surface area contributed by atoms with Crippen LogP contribution in [0.5, 0.6) is 0 Å². The number of aromatic carboxylic acids is 1. The van der Waals surface area contributed by atoms with Gasteiger partial charge in [0.2, 0.25) is 5.91 Å². The number of carboxylic acids is 1. The quantitative estimate of drug-likeness (QED) is 0.780. The lowest BCUT2D eigenvalue weighted by atomic mass is 10.1. The predicted molar refractivity (Wildman–Crippen MR) is 61.2 cm³/mol. The van der Waals surface area contributed by atoms with E-state index in [2.05, 4.69) is 10.4 Å². The summed E-state index contributed by atoms with van der Waals surface area (Å²) in [6.07, 6.45) is 3.10. The average Bonchev–Trinajstić information content (AvgIpc) is 2.78. The fraction of sp³-hybridized carbons (Fsp3) is 0.545. The van der Waals surface area contributed by atoms with Crippen LogP contribution in [-0.2, 0) is 16.1 Å². The normalized spacial score (nSPS) is 16.4. The van der Waals surface area contributed by atoms with Gasteiger partial charge in [0, 0.05) is 25.5 Å². The van der Waals surface area contributed by atoms with Crippen molar-refractivity contribution in [1.82, 2.24) is 15.1 Å². The Morgan fingerprint density at radius 3 is 2.83 bits per heavy atom. The van der Waals surface area contributed by atoms with E-state index in [1.165, 1.54) is 16.9 Å². The van der Waals surface area contributed by atoms with Crippen LogP contribution in [0.3, 0.4) is 0 Å². The van der Waals surface area contributed by atoms with Crippen LogP contribution in [0.15, 0.2) is 12.3 Å². The molecule has 7 heteroatoms. The first-order valence-corrected chi connectivity index (χ1v) is 5.79. The van der Waals surface area contributed by atoms with E-state index in [1.807, 2.05) is 0 Å². The molecule has 1 aromatic heterocycles. The SMILES string of the molecule is O=C(Cn1ccc(C(=O)O)n1)NC1CCOCC1. The molecule has 1 aliphatic rings. The van der Waals surface area contributed by atoms with Gasteiger partial charge in [-0.15, -0.1) is 0 Å². The Bertz CT molecular complexity index is 437. The molecular weight excluding hydrogens is 238 g/mol. The molecule has 1 aromatic rings. The fourth-order valence-electron chi connectivity index (χ4n) is 1.83. The number of nitrogens with zero attached hydrogens (tertiary/aromatic N) is 2. The molecule has 7 nitrogen and oxygen atoms in total. The summed E-state index contributed by atoms with van der Waals surface area (Å²) < 4.78 is 6.51. The molecule has 0 radical (unpaired) electrons. The Hall–Kier alpha value is -1.89. The Labute approximate surface area is 104 Å². The molecule has 98 valence electrons. The summed E-state index contributed by atoms with van der Waals surface area (Å²) in [4.78, 5) is 22.3. The second kappa shape index (κ2) is 5.63. The van der Waals surface area contributed by atoms with Gasteiger partial charge in [0.15, 0.2) is 5.69 Å². The minimum atomic E-state index is -1.10. The molecule has 2 N–H and O–H groups in total. The number of aromatic nitrogens is 2. The van der Waals surface area contributed by atoms with Crippen molar-refractivity contribution in [2.45, 2.75) is 25.4 Å². The molecule has 0 aliphatic carbocycles. The highest BCUT2D eigenvalue weighted by atomic mass is 16.5. The van der Waals surface area contributed by atoms with Crippen molar-refractivity contribution in [1.29, 1.82) is 0 Å². The Balaban J connectivity index is 1.84. The van der Waals surface area contributed by atoms with E-state index in [0.29, 0.717) is 13.2 Å². The Kier molecular flexibility index (Phi) is 3.93. The van der Waals surface area contributed by atoms with Gasteiger partial charge in [0.05, 0.1) is 0 Å². The molecule has 1 saturated heterocycles. The third-order valence-corrected chi connectivity index (χ3v) is 2.75. The van der Waals surface area contributed by atoms with E-state index in [1.54, 1.807) is 0 Å². The zero-order valence-electron chi connectivity index (χ0n) is 9.83. The van der Waals surface area contributed by atoms with E-state index in [-0.39, 0.29) is 24.2 Å². The molecule has 1 amide bonds. The summed E-state index contributed by atoms with van der Waals surface area (Å²) in [6.45, 7) is 1.36. The number of nitrogens with one attached hydrogen (secondary N) is 1. The minimum Gasteiger partial charge on any atom is -0.476 e. The third kappa shape index (κ3) is 3.30. The predicted octanol–water partition coefficient (Wildman–Crippen LogP) is -0.123. The summed E-state index contributed by atoms with van der Waals surface area (Å²) in [5, 5.41) is 15.4. The number of carboxylic acid groups (broad SMARTS) is 1. The van der Waals surface area contributed by atoms with E-state index < -0.39 is 5.97 Å². The van der Waals surface area contributed by atoms with Gasteiger partial charge < -0.3 is 15.2 Å². The first kappa shape index (κ1) is 12.6. The smallest absolute Gasteiger partial charge is 0.356 e. The molecule has 0 saturated carbocycles. The summed E-state index contributed by atoms with van der Waals surface area (Å²) in [6, 6.07) is 1.50. The summed E-state index contributed by atoms with van der Waals surface area (Å²) in [5.41, 5.74) is -0.0612. The maximum absolute atomic E-state index is 11.7. The number of carbonyl (C=O) groups is 2. The van der Waals surface area contributed by atoms with Gasteiger partial charge in [0.25, 0.3) is 0 Å². The Morgan fingerprint density at radius 1 is 1.50 bits per heavy atom. The van der Waals surface area contributed by atoms with Crippen LogP contribution in [0, 0.1) is 0 Å². The molecule has 2 rings (SSSR count). The lowest BCUT2D eigenvalue weighted by Crippen LogP contribution is -2.40. The van der Waals surface area contributed by atoms with Crippen LogP contribution in [0.4, 0.5) is 0 Å². The van der Waals surface area contributed by atoms with Crippen LogP contribution < -0.4 is 5.32 Å². The van der Waals surface area contributed by atoms with Gasteiger partial charge in [-0.2, -0.15) is 5.10 Å². The monoisotopic (exact) mass is 253 g/mol. The van der Waals surface area contributed by atoms with Gasteiger partial charge in [-0.1, -0.05) is 0 Å². The van der Waals surface area contributed by atoms with Crippen molar-refractivity contribution < 1.29 is 19.4 Å². The molecule has 1 aliphatic heterocycles. The van der Waals surface area contributed by atoms with Crippen LogP contribution in [-0.4, -0.2) is 46.0 Å². The maximum Gasteiger partial charge on any atom is 0.356 e. The van der Waals surface area contributed by atoms with Gasteiger partial charge in [-0.05, 0) is 18.9 Å². The van der Waals surface area contributed by atoms with Gasteiger partial charge in [-0.3, -0.25) is 9.48 Å². The maximum atomic E-state index is 11.7. The average molecular weight is 253 g/mol. The highest BCUT2D eigenvalue weighted by Crippen LogP contribution is 2.06. The lowest BCUT2D eigenvalue weighted by molar-refractivity contribution is -0.123. The topological polar surface area (TPSA) is 93.5 Å². The number of ether oxygens (including phenoxy) is 1. The molecule has 0 atom stereocenters. The summed E-state index contributed by atoms with van der Waals surface area (Å²) in [5.74, 6) is -1.26. The van der Waals surface area contributed by atoms with Crippen molar-refractivity contribution in [3.05, 3.63) is 18.0 Å². The Morgan fingerprint density at radius 2 is 2.22 bits per heavy atom. The second-order valence-corrected chi connectivity index (χ2v) is 4.16. The molecule has 0 bridgehead atoms. The molecule has 0 spiro atoms. The van der Waals surface area contributed by atoms with Crippen molar-refractivity contribution in [2.24, 2.45) is 0 Å². The molecule has 0 aromatic carbocycles. The minimum absolute atomic E-state index is 0.0324. The molecule has 1 fully saturated rings. The fourth-order valence-corrected chi connectivity index (χ4v) is 1.83. The van der Waals surface area contributed by atoms with Gasteiger partial charge in [-0.25, -0.2) is 4.79 Å². The van der Waals surface area contributed by atoms with Crippen LogP contribution in [0.25, 0.3) is 0 Å². The molecule has 2 heterocycles. The highest BCUT2D eigenvalue weighted by Gasteiger charge is 2.16. The van der Waals surface area contributed by atoms with Crippen molar-refractivity contribution >= 4 is 11.9 Å². The van der Waals surface area contributed by atoms with E-state index >= 15 is 0 Å². The van der Waals surface area contributed by atoms with E-state index in [9.17, 15) is 9.59 Å². The number of rotatable bonds is 4. The van der Waals surface area contributed by atoms with Crippen LogP contribution >= 0.6 is 0 Å².